The van der Waals surface area contributed by atoms with Gasteiger partial charge < -0.3 is 10.2 Å². The molecule has 2 unspecified atom stereocenters. The molecule has 2 aromatic rings. The van der Waals surface area contributed by atoms with Crippen molar-refractivity contribution in [1.29, 1.82) is 0 Å². The molecular formula is C15H18BrN5. The minimum atomic E-state index is 0.603. The summed E-state index contributed by atoms with van der Waals surface area (Å²) in [5, 5.41) is 11.1. The number of hydrogen-bond acceptors (Lipinski definition) is 4. The van der Waals surface area contributed by atoms with Crippen LogP contribution in [0.5, 0.6) is 0 Å². The first kappa shape index (κ1) is 13.3. The molecule has 2 fully saturated rings. The van der Waals surface area contributed by atoms with Gasteiger partial charge in [0.05, 0.1) is 0 Å². The smallest absolute Gasteiger partial charge is 0.245 e. The molecule has 2 atom stereocenters. The Bertz CT molecular complexity index is 626. The van der Waals surface area contributed by atoms with Crippen molar-refractivity contribution in [2.45, 2.75) is 18.9 Å². The van der Waals surface area contributed by atoms with Gasteiger partial charge in [-0.15, -0.1) is 5.10 Å². The van der Waals surface area contributed by atoms with Crippen LogP contribution in [0.25, 0.3) is 11.4 Å². The third-order valence-corrected chi connectivity index (χ3v) is 4.95. The van der Waals surface area contributed by atoms with Crippen molar-refractivity contribution >= 4 is 21.9 Å². The average Bonchev–Trinajstić information content (AvgIpc) is 3.14. The predicted molar refractivity (Wildman–Crippen MR) is 86.2 cm³/mol. The van der Waals surface area contributed by atoms with Gasteiger partial charge in [0.15, 0.2) is 5.82 Å². The second-order valence-electron chi connectivity index (χ2n) is 5.86. The molecule has 0 aliphatic carbocycles. The van der Waals surface area contributed by atoms with Crippen molar-refractivity contribution < 1.29 is 0 Å². The quantitative estimate of drug-likeness (QED) is 0.875. The predicted octanol–water partition coefficient (Wildman–Crippen LogP) is 2.42. The molecule has 2 aliphatic heterocycles. The molecule has 5 nitrogen and oxygen atoms in total. The molecule has 2 saturated heterocycles. The van der Waals surface area contributed by atoms with E-state index in [1.807, 2.05) is 18.2 Å². The Kier molecular flexibility index (Phi) is 3.43. The summed E-state index contributed by atoms with van der Waals surface area (Å²) in [6.07, 6.45) is 2.60. The van der Waals surface area contributed by atoms with Gasteiger partial charge in [0, 0.05) is 29.2 Å². The monoisotopic (exact) mass is 347 g/mol. The SMILES string of the molecule is Brc1cccc(-c2nc(N3CC4CCCNC4C3)n[nH]2)c1. The lowest BCUT2D eigenvalue weighted by Crippen LogP contribution is -2.40. The van der Waals surface area contributed by atoms with E-state index in [1.54, 1.807) is 0 Å². The van der Waals surface area contributed by atoms with Crippen LogP contribution in [-0.2, 0) is 0 Å². The molecule has 1 aromatic heterocycles. The van der Waals surface area contributed by atoms with E-state index >= 15 is 0 Å². The summed E-state index contributed by atoms with van der Waals surface area (Å²) in [7, 11) is 0. The highest BCUT2D eigenvalue weighted by Crippen LogP contribution is 2.28. The van der Waals surface area contributed by atoms with Gasteiger partial charge in [-0.25, -0.2) is 0 Å². The van der Waals surface area contributed by atoms with E-state index in [9.17, 15) is 0 Å². The van der Waals surface area contributed by atoms with Crippen molar-refractivity contribution in [2.75, 3.05) is 24.5 Å². The molecule has 4 rings (SSSR count). The van der Waals surface area contributed by atoms with Crippen LogP contribution in [0.15, 0.2) is 28.7 Å². The third kappa shape index (κ3) is 2.58. The molecule has 0 amide bonds. The van der Waals surface area contributed by atoms with Crippen LogP contribution in [0.3, 0.4) is 0 Å². The number of nitrogens with one attached hydrogen (secondary N) is 2. The van der Waals surface area contributed by atoms with Gasteiger partial charge in [0.2, 0.25) is 5.95 Å². The lowest BCUT2D eigenvalue weighted by Gasteiger charge is -2.24. The summed E-state index contributed by atoms with van der Waals surface area (Å²) in [4.78, 5) is 6.97. The van der Waals surface area contributed by atoms with Crippen LogP contribution in [0.1, 0.15) is 12.8 Å². The van der Waals surface area contributed by atoms with E-state index < -0.39 is 0 Å². The Morgan fingerprint density at radius 2 is 2.24 bits per heavy atom. The minimum absolute atomic E-state index is 0.603. The fourth-order valence-corrected chi connectivity index (χ4v) is 3.77. The first-order valence-corrected chi connectivity index (χ1v) is 8.25. The van der Waals surface area contributed by atoms with E-state index in [0.717, 1.165) is 47.4 Å². The molecule has 21 heavy (non-hydrogen) atoms. The lowest BCUT2D eigenvalue weighted by atomic mass is 9.94. The maximum Gasteiger partial charge on any atom is 0.245 e. The summed E-state index contributed by atoms with van der Waals surface area (Å²) in [6.45, 7) is 3.22. The highest BCUT2D eigenvalue weighted by Gasteiger charge is 2.35. The van der Waals surface area contributed by atoms with Crippen molar-refractivity contribution in [1.82, 2.24) is 20.5 Å². The normalized spacial score (nSPS) is 25.1. The van der Waals surface area contributed by atoms with Gasteiger partial charge >= 0.3 is 0 Å². The number of anilines is 1. The van der Waals surface area contributed by atoms with Crippen LogP contribution in [0, 0.1) is 5.92 Å². The topological polar surface area (TPSA) is 56.8 Å². The zero-order chi connectivity index (χ0) is 14.2. The van der Waals surface area contributed by atoms with Crippen LogP contribution in [0.4, 0.5) is 5.95 Å². The average molecular weight is 348 g/mol. The van der Waals surface area contributed by atoms with Crippen molar-refractivity contribution in [3.8, 4) is 11.4 Å². The molecule has 0 spiro atoms. The maximum atomic E-state index is 4.67. The molecule has 110 valence electrons. The molecule has 0 radical (unpaired) electrons. The van der Waals surface area contributed by atoms with E-state index in [4.69, 9.17) is 0 Å². The number of rotatable bonds is 2. The Morgan fingerprint density at radius 3 is 3.10 bits per heavy atom. The van der Waals surface area contributed by atoms with E-state index in [1.165, 1.54) is 12.8 Å². The van der Waals surface area contributed by atoms with Gasteiger partial charge in [-0.05, 0) is 37.4 Å². The molecule has 2 N–H and O–H groups in total. The van der Waals surface area contributed by atoms with Crippen molar-refractivity contribution in [3.05, 3.63) is 28.7 Å². The first-order chi connectivity index (χ1) is 10.3. The van der Waals surface area contributed by atoms with Crippen LogP contribution < -0.4 is 10.2 Å². The highest BCUT2D eigenvalue weighted by atomic mass is 79.9. The summed E-state index contributed by atoms with van der Waals surface area (Å²) < 4.78 is 1.05. The number of fused-ring (bicyclic) bond motifs is 1. The number of piperidine rings is 1. The number of aromatic amines is 1. The Hall–Kier alpha value is -1.40. The van der Waals surface area contributed by atoms with E-state index in [-0.39, 0.29) is 0 Å². The van der Waals surface area contributed by atoms with Gasteiger partial charge in [-0.2, -0.15) is 4.98 Å². The van der Waals surface area contributed by atoms with Gasteiger partial charge in [-0.3, -0.25) is 5.10 Å². The Balaban J connectivity index is 1.55. The number of aromatic nitrogens is 3. The lowest BCUT2D eigenvalue weighted by molar-refractivity contribution is 0.340. The van der Waals surface area contributed by atoms with Crippen molar-refractivity contribution in [2.24, 2.45) is 5.92 Å². The first-order valence-electron chi connectivity index (χ1n) is 7.46. The number of hydrogen-bond donors (Lipinski definition) is 2. The number of H-pyrrole nitrogens is 1. The fourth-order valence-electron chi connectivity index (χ4n) is 3.37. The second kappa shape index (κ2) is 5.42. The van der Waals surface area contributed by atoms with Gasteiger partial charge in [0.1, 0.15) is 0 Å². The van der Waals surface area contributed by atoms with Crippen LogP contribution in [-0.4, -0.2) is 40.9 Å². The molecule has 0 saturated carbocycles. The third-order valence-electron chi connectivity index (χ3n) is 4.45. The zero-order valence-electron chi connectivity index (χ0n) is 11.7. The number of benzene rings is 1. The largest absolute Gasteiger partial charge is 0.338 e. The second-order valence-corrected chi connectivity index (χ2v) is 6.78. The number of nitrogens with zero attached hydrogens (tertiary/aromatic N) is 3. The number of halogens is 1. The minimum Gasteiger partial charge on any atom is -0.338 e. The summed E-state index contributed by atoms with van der Waals surface area (Å²) in [5.74, 6) is 2.39. The molecule has 3 heterocycles. The van der Waals surface area contributed by atoms with E-state index in [0.29, 0.717) is 6.04 Å². The zero-order valence-corrected chi connectivity index (χ0v) is 13.3. The van der Waals surface area contributed by atoms with Gasteiger partial charge in [-0.1, -0.05) is 28.1 Å². The molecule has 1 aromatic carbocycles. The summed E-state index contributed by atoms with van der Waals surface area (Å²) in [5.41, 5.74) is 1.05. The summed E-state index contributed by atoms with van der Waals surface area (Å²) in [6, 6.07) is 8.72. The molecule has 2 aliphatic rings. The summed E-state index contributed by atoms with van der Waals surface area (Å²) >= 11 is 3.49. The molecule has 6 heteroatoms. The van der Waals surface area contributed by atoms with E-state index in [2.05, 4.69) is 47.4 Å². The Labute approximate surface area is 132 Å². The highest BCUT2D eigenvalue weighted by molar-refractivity contribution is 9.10. The van der Waals surface area contributed by atoms with Crippen molar-refractivity contribution in [3.63, 3.8) is 0 Å². The van der Waals surface area contributed by atoms with Gasteiger partial charge in [0.25, 0.3) is 0 Å². The standard InChI is InChI=1S/C15H18BrN5/c16-12-5-1-3-10(7-12)14-18-15(20-19-14)21-8-11-4-2-6-17-13(11)9-21/h1,3,5,7,11,13,17H,2,4,6,8-9H2,(H,18,19,20). The van der Waals surface area contributed by atoms with Crippen LogP contribution in [0.2, 0.25) is 0 Å². The Morgan fingerprint density at radius 1 is 1.29 bits per heavy atom. The van der Waals surface area contributed by atoms with Crippen LogP contribution >= 0.6 is 15.9 Å². The molecule has 0 bridgehead atoms. The molecular weight excluding hydrogens is 330 g/mol. The maximum absolute atomic E-state index is 4.67. The fraction of sp³-hybridized carbons (Fsp3) is 0.467.